The van der Waals surface area contributed by atoms with Gasteiger partial charge in [0.1, 0.15) is 6.17 Å². The Hall–Kier alpha value is -1.72. The molecule has 1 aromatic rings. The predicted molar refractivity (Wildman–Crippen MR) is 122 cm³/mol. The van der Waals surface area contributed by atoms with E-state index in [4.69, 9.17) is 5.11 Å². The zero-order valence-corrected chi connectivity index (χ0v) is 18.9. The number of fused-ring (bicyclic) bond motifs is 1. The Labute approximate surface area is 186 Å². The lowest BCUT2D eigenvalue weighted by molar-refractivity contribution is -0.137. The highest BCUT2D eigenvalue weighted by Gasteiger charge is 2.42. The van der Waals surface area contributed by atoms with E-state index < -0.39 is 24.3 Å². The number of aliphatic hydroxyl groups is 2. The van der Waals surface area contributed by atoms with Crippen molar-refractivity contribution < 1.29 is 24.5 Å². The van der Waals surface area contributed by atoms with Crippen molar-refractivity contribution in [3.05, 3.63) is 47.5 Å². The molecule has 0 spiro atoms. The van der Waals surface area contributed by atoms with Crippen LogP contribution in [0, 0.1) is 17.8 Å². The summed E-state index contributed by atoms with van der Waals surface area (Å²) >= 11 is 0. The lowest BCUT2D eigenvalue weighted by atomic mass is 9.84. The van der Waals surface area contributed by atoms with Crippen LogP contribution in [0.25, 0.3) is 0 Å². The average Bonchev–Trinajstić information content (AvgIpc) is 3.30. The number of unbranched alkanes of at least 4 members (excludes halogenated alkanes) is 1. The fraction of sp³-hybridized carbons (Fsp3) is 0.654. The van der Waals surface area contributed by atoms with Gasteiger partial charge in [0.15, 0.2) is 0 Å². The van der Waals surface area contributed by atoms with Gasteiger partial charge in [0.05, 0.1) is 12.2 Å². The third kappa shape index (κ3) is 7.43. The second-order valence-electron chi connectivity index (χ2n) is 8.72. The number of allylic oxidation sites excluding steroid dienone is 2. The van der Waals surface area contributed by atoms with Gasteiger partial charge in [-0.1, -0.05) is 50.3 Å². The van der Waals surface area contributed by atoms with E-state index in [1.165, 1.54) is 11.1 Å². The monoisotopic (exact) mass is 434 g/mol. The van der Waals surface area contributed by atoms with Crippen LogP contribution in [0.4, 0.5) is 4.39 Å². The van der Waals surface area contributed by atoms with Crippen molar-refractivity contribution in [3.8, 4) is 0 Å². The SMILES string of the molecule is CC.O=C(O)CCC/C=C\C[C@@H]1[C@@H](CC[C@H](O)C2Cc3ccccc3C2)[C@@H](F)C[C@@H]1O. The Bertz CT molecular complexity index is 679. The van der Waals surface area contributed by atoms with Crippen molar-refractivity contribution >= 4 is 5.97 Å². The minimum atomic E-state index is -1.02. The van der Waals surface area contributed by atoms with Gasteiger partial charge in [-0.2, -0.15) is 0 Å². The summed E-state index contributed by atoms with van der Waals surface area (Å²) in [4.78, 5) is 10.5. The molecule has 31 heavy (non-hydrogen) atoms. The van der Waals surface area contributed by atoms with Crippen molar-refractivity contribution in [2.75, 3.05) is 0 Å². The highest BCUT2D eigenvalue weighted by atomic mass is 19.1. The lowest BCUT2D eigenvalue weighted by Gasteiger charge is -2.24. The van der Waals surface area contributed by atoms with Crippen LogP contribution in [0.2, 0.25) is 0 Å². The minimum Gasteiger partial charge on any atom is -0.481 e. The number of rotatable bonds is 10. The fourth-order valence-corrected chi connectivity index (χ4v) is 5.07. The summed E-state index contributed by atoms with van der Waals surface area (Å²) in [6.07, 6.45) is 6.87. The summed E-state index contributed by atoms with van der Waals surface area (Å²) in [6.45, 7) is 4.00. The van der Waals surface area contributed by atoms with E-state index in [-0.39, 0.29) is 30.6 Å². The van der Waals surface area contributed by atoms with Crippen molar-refractivity contribution in [1.82, 2.24) is 0 Å². The van der Waals surface area contributed by atoms with Crippen LogP contribution in [-0.2, 0) is 17.6 Å². The van der Waals surface area contributed by atoms with E-state index in [0.29, 0.717) is 32.1 Å². The molecule has 0 heterocycles. The van der Waals surface area contributed by atoms with Crippen LogP contribution in [0.1, 0.15) is 69.9 Å². The molecule has 174 valence electrons. The minimum absolute atomic E-state index is 0.131. The number of carboxylic acid groups (broad SMARTS) is 1. The third-order valence-electron chi connectivity index (χ3n) is 6.73. The van der Waals surface area contributed by atoms with Crippen LogP contribution in [0.5, 0.6) is 0 Å². The molecule has 0 amide bonds. The summed E-state index contributed by atoms with van der Waals surface area (Å²) in [5, 5.41) is 29.6. The topological polar surface area (TPSA) is 77.8 Å². The predicted octanol–water partition coefficient (Wildman–Crippen LogP) is 5.11. The molecular formula is C26H39FO4. The normalized spacial score (nSPS) is 26.5. The molecule has 1 aromatic carbocycles. The first-order valence-electron chi connectivity index (χ1n) is 11.9. The maximum atomic E-state index is 14.5. The first kappa shape index (κ1) is 25.5. The number of benzene rings is 1. The molecule has 3 rings (SSSR count). The van der Waals surface area contributed by atoms with E-state index in [1.807, 2.05) is 38.1 Å². The number of alkyl halides is 1. The molecule has 0 bridgehead atoms. The molecule has 1 saturated carbocycles. The Morgan fingerprint density at radius 1 is 1.16 bits per heavy atom. The number of carboxylic acids is 1. The average molecular weight is 435 g/mol. The molecule has 0 aromatic heterocycles. The van der Waals surface area contributed by atoms with Gasteiger partial charge < -0.3 is 15.3 Å². The van der Waals surface area contributed by atoms with Crippen LogP contribution in [-0.4, -0.2) is 39.7 Å². The van der Waals surface area contributed by atoms with Crippen LogP contribution in [0.3, 0.4) is 0 Å². The molecule has 0 aliphatic heterocycles. The van der Waals surface area contributed by atoms with Crippen molar-refractivity contribution in [3.63, 3.8) is 0 Å². The summed E-state index contributed by atoms with van der Waals surface area (Å²) in [5.74, 6) is -0.959. The molecule has 3 N–H and O–H groups in total. The summed E-state index contributed by atoms with van der Waals surface area (Å²) in [5.41, 5.74) is 2.62. The molecule has 5 atom stereocenters. The van der Waals surface area contributed by atoms with Gasteiger partial charge in [-0.15, -0.1) is 0 Å². The lowest BCUT2D eigenvalue weighted by Crippen LogP contribution is -2.25. The molecule has 1 fully saturated rings. The fourth-order valence-electron chi connectivity index (χ4n) is 5.07. The van der Waals surface area contributed by atoms with Gasteiger partial charge in [0.2, 0.25) is 0 Å². The number of hydrogen-bond acceptors (Lipinski definition) is 3. The summed E-state index contributed by atoms with van der Waals surface area (Å²) in [7, 11) is 0. The maximum absolute atomic E-state index is 14.5. The quantitative estimate of drug-likeness (QED) is 0.353. The van der Waals surface area contributed by atoms with E-state index >= 15 is 0 Å². The molecule has 0 saturated heterocycles. The maximum Gasteiger partial charge on any atom is 0.303 e. The molecule has 0 unspecified atom stereocenters. The highest BCUT2D eigenvalue weighted by Crippen LogP contribution is 2.41. The molecule has 2 aliphatic carbocycles. The van der Waals surface area contributed by atoms with Gasteiger partial charge in [0, 0.05) is 12.8 Å². The van der Waals surface area contributed by atoms with Gasteiger partial charge in [-0.3, -0.25) is 4.79 Å². The highest BCUT2D eigenvalue weighted by molar-refractivity contribution is 5.66. The van der Waals surface area contributed by atoms with Crippen molar-refractivity contribution in [2.45, 2.75) is 90.0 Å². The van der Waals surface area contributed by atoms with E-state index in [1.54, 1.807) is 0 Å². The standard InChI is InChI=1S/C24H33FO4.C2H6/c25-21-15-23(27)20(9-3-1-2-4-10-24(28)29)19(21)11-12-22(26)18-13-16-7-5-6-8-17(16)14-18;1-2/h1,3,5-8,18-23,26-27H,2,4,9-15H2,(H,28,29);1-2H3/b3-1-;/t19-,20-,21+,22+,23+;/m1./s1. The number of carbonyl (C=O) groups is 1. The zero-order chi connectivity index (χ0) is 22.8. The number of aliphatic carboxylic acids is 1. The first-order chi connectivity index (χ1) is 15.0. The van der Waals surface area contributed by atoms with E-state index in [2.05, 4.69) is 12.1 Å². The van der Waals surface area contributed by atoms with Gasteiger partial charge in [-0.25, -0.2) is 4.39 Å². The van der Waals surface area contributed by atoms with Crippen LogP contribution < -0.4 is 0 Å². The van der Waals surface area contributed by atoms with Crippen LogP contribution >= 0.6 is 0 Å². The van der Waals surface area contributed by atoms with Gasteiger partial charge in [0.25, 0.3) is 0 Å². The van der Waals surface area contributed by atoms with Gasteiger partial charge >= 0.3 is 5.97 Å². The summed E-state index contributed by atoms with van der Waals surface area (Å²) in [6, 6.07) is 8.29. The van der Waals surface area contributed by atoms with Crippen LogP contribution in [0.15, 0.2) is 36.4 Å². The Kier molecular flexibility index (Phi) is 10.7. The molecule has 5 heteroatoms. The largest absolute Gasteiger partial charge is 0.481 e. The molecule has 0 radical (unpaired) electrons. The Morgan fingerprint density at radius 2 is 1.81 bits per heavy atom. The second kappa shape index (κ2) is 13.0. The van der Waals surface area contributed by atoms with E-state index in [0.717, 1.165) is 12.8 Å². The Balaban J connectivity index is 0.00000166. The van der Waals surface area contributed by atoms with Crippen molar-refractivity contribution in [2.24, 2.45) is 17.8 Å². The van der Waals surface area contributed by atoms with Gasteiger partial charge in [-0.05, 0) is 73.8 Å². The summed E-state index contributed by atoms with van der Waals surface area (Å²) < 4.78 is 14.5. The number of halogens is 1. The Morgan fingerprint density at radius 3 is 2.42 bits per heavy atom. The zero-order valence-electron chi connectivity index (χ0n) is 18.9. The van der Waals surface area contributed by atoms with Crippen molar-refractivity contribution in [1.29, 1.82) is 0 Å². The first-order valence-corrected chi connectivity index (χ1v) is 11.9. The number of aliphatic hydroxyl groups excluding tert-OH is 2. The third-order valence-corrected chi connectivity index (χ3v) is 6.73. The molecular weight excluding hydrogens is 395 g/mol. The molecule has 2 aliphatic rings. The molecule has 4 nitrogen and oxygen atoms in total. The smallest absolute Gasteiger partial charge is 0.303 e. The van der Waals surface area contributed by atoms with E-state index in [9.17, 15) is 19.4 Å². The second-order valence-corrected chi connectivity index (χ2v) is 8.72. The number of hydrogen-bond donors (Lipinski definition) is 3.